The Bertz CT molecular complexity index is 557. The fraction of sp³-hybridized carbons (Fsp3) is 0.231. The molecule has 17 heavy (non-hydrogen) atoms. The van der Waals surface area contributed by atoms with Crippen molar-refractivity contribution in [1.82, 2.24) is 0 Å². The molecule has 0 aliphatic heterocycles. The molecule has 1 aromatic heterocycles. The average molecular weight is 248 g/mol. The van der Waals surface area contributed by atoms with Gasteiger partial charge in [-0.25, -0.2) is 0 Å². The van der Waals surface area contributed by atoms with Crippen molar-refractivity contribution in [2.24, 2.45) is 0 Å². The van der Waals surface area contributed by atoms with E-state index in [0.29, 0.717) is 6.42 Å². The Hall–Kier alpha value is -1.68. The first-order valence-corrected chi connectivity index (χ1v) is 6.15. The van der Waals surface area contributed by atoms with E-state index in [-0.39, 0.29) is 12.4 Å². The van der Waals surface area contributed by atoms with E-state index in [2.05, 4.69) is 4.74 Å². The lowest BCUT2D eigenvalue weighted by molar-refractivity contribution is -0.145. The van der Waals surface area contributed by atoms with Gasteiger partial charge in [-0.15, -0.1) is 11.3 Å². The predicted octanol–water partition coefficient (Wildman–Crippen LogP) is 2.58. The van der Waals surface area contributed by atoms with Crippen molar-refractivity contribution in [3.8, 4) is 0 Å². The van der Waals surface area contributed by atoms with Crippen LogP contribution in [-0.2, 0) is 20.7 Å². The lowest BCUT2D eigenvalue weighted by Gasteiger charge is -2.00. The third kappa shape index (κ3) is 2.91. The smallest absolute Gasteiger partial charge is 0.303 e. The number of hydrogen-bond donors (Lipinski definition) is 0. The van der Waals surface area contributed by atoms with Crippen molar-refractivity contribution in [3.05, 3.63) is 35.2 Å². The van der Waals surface area contributed by atoms with Gasteiger partial charge < -0.3 is 4.74 Å². The summed E-state index contributed by atoms with van der Waals surface area (Å²) in [5, 5.41) is 3.09. The zero-order valence-electron chi connectivity index (χ0n) is 9.43. The second-order valence-corrected chi connectivity index (χ2v) is 4.66. The first-order valence-electron chi connectivity index (χ1n) is 5.27. The number of rotatable bonds is 4. The zero-order chi connectivity index (χ0) is 12.3. The summed E-state index contributed by atoms with van der Waals surface area (Å²) in [5.41, 5.74) is 1.00. The highest BCUT2D eigenvalue weighted by Crippen LogP contribution is 2.25. The summed E-state index contributed by atoms with van der Waals surface area (Å²) in [6.07, 6.45) is 0.317. The molecule has 0 N–H and O–H groups in total. The second kappa shape index (κ2) is 5.10. The van der Waals surface area contributed by atoms with Crippen LogP contribution in [0.1, 0.15) is 12.5 Å². The van der Waals surface area contributed by atoms with Crippen molar-refractivity contribution in [2.75, 3.05) is 6.61 Å². The van der Waals surface area contributed by atoms with Crippen molar-refractivity contribution in [2.45, 2.75) is 13.3 Å². The number of fused-ring (bicyclic) bond motifs is 1. The van der Waals surface area contributed by atoms with E-state index in [9.17, 15) is 9.59 Å². The van der Waals surface area contributed by atoms with Gasteiger partial charge in [-0.05, 0) is 22.4 Å². The summed E-state index contributed by atoms with van der Waals surface area (Å²) in [6, 6.07) is 7.96. The Kier molecular flexibility index (Phi) is 3.54. The van der Waals surface area contributed by atoms with Crippen LogP contribution in [-0.4, -0.2) is 18.4 Å². The van der Waals surface area contributed by atoms with Crippen molar-refractivity contribution < 1.29 is 14.3 Å². The van der Waals surface area contributed by atoms with E-state index >= 15 is 0 Å². The summed E-state index contributed by atoms with van der Waals surface area (Å²) >= 11 is 1.62. The summed E-state index contributed by atoms with van der Waals surface area (Å²) in [4.78, 5) is 22.2. The van der Waals surface area contributed by atoms with Crippen LogP contribution < -0.4 is 0 Å². The largest absolute Gasteiger partial charge is 0.458 e. The van der Waals surface area contributed by atoms with Gasteiger partial charge in [0, 0.05) is 18.0 Å². The highest BCUT2D eigenvalue weighted by Gasteiger charge is 2.09. The molecule has 0 bridgehead atoms. The molecule has 0 saturated carbocycles. The summed E-state index contributed by atoms with van der Waals surface area (Å²) < 4.78 is 5.85. The van der Waals surface area contributed by atoms with Gasteiger partial charge in [-0.1, -0.05) is 18.2 Å². The Morgan fingerprint density at radius 2 is 2.06 bits per heavy atom. The number of ketones is 1. The number of carbonyl (C=O) groups excluding carboxylic acids is 2. The van der Waals surface area contributed by atoms with E-state index in [4.69, 9.17) is 0 Å². The summed E-state index contributed by atoms with van der Waals surface area (Å²) in [6.45, 7) is 1.16. The average Bonchev–Trinajstić information content (AvgIpc) is 2.70. The normalized spacial score (nSPS) is 10.4. The van der Waals surface area contributed by atoms with Gasteiger partial charge in [-0.2, -0.15) is 0 Å². The zero-order valence-corrected chi connectivity index (χ0v) is 10.3. The van der Waals surface area contributed by atoms with Crippen LogP contribution >= 0.6 is 11.3 Å². The highest BCUT2D eigenvalue weighted by molar-refractivity contribution is 7.17. The third-order valence-electron chi connectivity index (χ3n) is 2.39. The molecule has 0 saturated heterocycles. The Morgan fingerprint density at radius 1 is 1.29 bits per heavy atom. The van der Waals surface area contributed by atoms with Crippen LogP contribution in [0.3, 0.4) is 0 Å². The predicted molar refractivity (Wildman–Crippen MR) is 67.2 cm³/mol. The molecule has 0 amide bonds. The molecule has 0 radical (unpaired) electrons. The standard InChI is InChI=1S/C13H12O3S/c1-9(14)16-7-11(15)6-10-8-17-13-5-3-2-4-12(10)13/h2-5,8H,6-7H2,1H3. The fourth-order valence-electron chi connectivity index (χ4n) is 1.62. The number of benzene rings is 1. The van der Waals surface area contributed by atoms with Gasteiger partial charge >= 0.3 is 5.97 Å². The van der Waals surface area contributed by atoms with E-state index in [1.54, 1.807) is 11.3 Å². The van der Waals surface area contributed by atoms with Gasteiger partial charge in [0.25, 0.3) is 0 Å². The van der Waals surface area contributed by atoms with Crippen molar-refractivity contribution >= 4 is 33.2 Å². The van der Waals surface area contributed by atoms with Crippen LogP contribution in [0.2, 0.25) is 0 Å². The van der Waals surface area contributed by atoms with Gasteiger partial charge in [0.1, 0.15) is 6.61 Å². The van der Waals surface area contributed by atoms with Crippen LogP contribution in [0, 0.1) is 0 Å². The van der Waals surface area contributed by atoms with E-state index in [1.807, 2.05) is 29.6 Å². The number of thiophene rings is 1. The number of ether oxygens (including phenoxy) is 1. The number of carbonyl (C=O) groups is 2. The third-order valence-corrected chi connectivity index (χ3v) is 3.40. The number of hydrogen-bond acceptors (Lipinski definition) is 4. The molecule has 88 valence electrons. The number of Topliss-reactive ketones (excluding diaryl/α,β-unsaturated/α-hetero) is 1. The Balaban J connectivity index is 2.08. The second-order valence-electron chi connectivity index (χ2n) is 3.75. The maximum absolute atomic E-state index is 11.6. The molecular formula is C13H12O3S. The van der Waals surface area contributed by atoms with Crippen LogP contribution in [0.5, 0.6) is 0 Å². The fourth-order valence-corrected chi connectivity index (χ4v) is 2.58. The first kappa shape index (κ1) is 11.8. The quantitative estimate of drug-likeness (QED) is 0.781. The van der Waals surface area contributed by atoms with Crippen LogP contribution in [0.25, 0.3) is 10.1 Å². The van der Waals surface area contributed by atoms with Gasteiger partial charge in [0.05, 0.1) is 0 Å². The molecule has 0 unspecified atom stereocenters. The van der Waals surface area contributed by atoms with E-state index < -0.39 is 5.97 Å². The lowest BCUT2D eigenvalue weighted by atomic mass is 10.1. The SMILES string of the molecule is CC(=O)OCC(=O)Cc1csc2ccccc12. The molecule has 0 spiro atoms. The number of esters is 1. The molecule has 0 atom stereocenters. The Labute approximate surface area is 103 Å². The van der Waals surface area contributed by atoms with Gasteiger partial charge in [0.2, 0.25) is 0 Å². The van der Waals surface area contributed by atoms with E-state index in [1.165, 1.54) is 11.6 Å². The minimum atomic E-state index is -0.423. The van der Waals surface area contributed by atoms with Crippen molar-refractivity contribution in [1.29, 1.82) is 0 Å². The maximum atomic E-state index is 11.6. The topological polar surface area (TPSA) is 43.4 Å². The molecule has 0 aliphatic carbocycles. The maximum Gasteiger partial charge on any atom is 0.303 e. The molecule has 1 aromatic carbocycles. The van der Waals surface area contributed by atoms with E-state index in [0.717, 1.165) is 10.9 Å². The highest BCUT2D eigenvalue weighted by atomic mass is 32.1. The molecule has 4 heteroatoms. The monoisotopic (exact) mass is 248 g/mol. The molecule has 2 aromatic rings. The van der Waals surface area contributed by atoms with Crippen LogP contribution in [0.15, 0.2) is 29.6 Å². The molecule has 3 nitrogen and oxygen atoms in total. The van der Waals surface area contributed by atoms with Crippen molar-refractivity contribution in [3.63, 3.8) is 0 Å². The summed E-state index contributed by atoms with van der Waals surface area (Å²) in [5.74, 6) is -0.503. The molecule has 1 heterocycles. The summed E-state index contributed by atoms with van der Waals surface area (Å²) in [7, 11) is 0. The van der Waals surface area contributed by atoms with Gasteiger partial charge in [-0.3, -0.25) is 9.59 Å². The molecule has 0 fully saturated rings. The Morgan fingerprint density at radius 3 is 2.82 bits per heavy atom. The minimum Gasteiger partial charge on any atom is -0.458 e. The molecular weight excluding hydrogens is 236 g/mol. The molecule has 0 aliphatic rings. The lowest BCUT2D eigenvalue weighted by Crippen LogP contribution is -2.13. The molecule has 2 rings (SSSR count). The van der Waals surface area contributed by atoms with Crippen LogP contribution in [0.4, 0.5) is 0 Å². The minimum absolute atomic E-state index is 0.0799. The first-order chi connectivity index (χ1) is 8.16. The van der Waals surface area contributed by atoms with Gasteiger partial charge in [0.15, 0.2) is 5.78 Å².